The van der Waals surface area contributed by atoms with E-state index in [1.54, 1.807) is 0 Å². The molecule has 1 fully saturated rings. The zero-order valence-electron chi connectivity index (χ0n) is 13.4. The van der Waals surface area contributed by atoms with Gasteiger partial charge in [-0.25, -0.2) is 4.98 Å². The summed E-state index contributed by atoms with van der Waals surface area (Å²) in [7, 11) is 0. The lowest BCUT2D eigenvalue weighted by Gasteiger charge is -2.27. The van der Waals surface area contributed by atoms with Gasteiger partial charge in [0.1, 0.15) is 5.82 Å². The Bertz CT molecular complexity index is 859. The molecule has 0 saturated carbocycles. The maximum atomic E-state index is 4.86. The Morgan fingerprint density at radius 1 is 0.958 bits per heavy atom. The number of thiol groups is 1. The standard InChI is InChI=1S/C19H20N4S/c24-22-16-7-3-2-6-15(16)14-8-9-17-18(12-14)21-19(13-20-17)23-10-4-1-5-11-23/h2-3,6-9,12-13,22,24H,1,4-5,10-11H2. The van der Waals surface area contributed by atoms with E-state index in [-0.39, 0.29) is 0 Å². The fraction of sp³-hybridized carbons (Fsp3) is 0.263. The van der Waals surface area contributed by atoms with Crippen molar-refractivity contribution >= 4 is 35.4 Å². The predicted molar refractivity (Wildman–Crippen MR) is 104 cm³/mol. The topological polar surface area (TPSA) is 41.1 Å². The smallest absolute Gasteiger partial charge is 0.147 e. The molecule has 0 unspecified atom stereocenters. The number of benzene rings is 2. The van der Waals surface area contributed by atoms with Crippen molar-refractivity contribution in [2.75, 3.05) is 22.7 Å². The van der Waals surface area contributed by atoms with E-state index in [0.717, 1.165) is 46.8 Å². The average Bonchev–Trinajstić information content (AvgIpc) is 2.67. The maximum Gasteiger partial charge on any atom is 0.147 e. The summed E-state index contributed by atoms with van der Waals surface area (Å²) in [5, 5.41) is 0. The van der Waals surface area contributed by atoms with Crippen LogP contribution in [0.25, 0.3) is 22.2 Å². The first-order chi connectivity index (χ1) is 11.8. The highest BCUT2D eigenvalue weighted by Crippen LogP contribution is 2.30. The third kappa shape index (κ3) is 2.91. The molecule has 0 aliphatic carbocycles. The molecule has 1 aliphatic heterocycles. The molecule has 1 aliphatic rings. The largest absolute Gasteiger partial charge is 0.355 e. The Kier molecular flexibility index (Phi) is 4.26. The summed E-state index contributed by atoms with van der Waals surface area (Å²) in [6, 6.07) is 14.4. The van der Waals surface area contributed by atoms with Crippen LogP contribution in [0.3, 0.4) is 0 Å². The zero-order chi connectivity index (χ0) is 16.4. The number of hydrogen-bond acceptors (Lipinski definition) is 5. The molecule has 4 rings (SSSR count). The number of piperidine rings is 1. The van der Waals surface area contributed by atoms with Crippen LogP contribution >= 0.6 is 12.8 Å². The molecule has 0 radical (unpaired) electrons. The van der Waals surface area contributed by atoms with Crippen molar-refractivity contribution in [2.45, 2.75) is 19.3 Å². The van der Waals surface area contributed by atoms with E-state index in [2.05, 4.69) is 45.6 Å². The van der Waals surface area contributed by atoms with Crippen molar-refractivity contribution in [3.63, 3.8) is 0 Å². The van der Waals surface area contributed by atoms with E-state index in [4.69, 9.17) is 4.98 Å². The van der Waals surface area contributed by atoms with Crippen molar-refractivity contribution < 1.29 is 0 Å². The van der Waals surface area contributed by atoms with Gasteiger partial charge in [-0.3, -0.25) is 4.98 Å². The van der Waals surface area contributed by atoms with Gasteiger partial charge in [-0.1, -0.05) is 37.1 Å². The minimum absolute atomic E-state index is 0.927. The summed E-state index contributed by atoms with van der Waals surface area (Å²) in [6.45, 7) is 2.15. The van der Waals surface area contributed by atoms with Crippen LogP contribution in [0, 0.1) is 0 Å². The highest BCUT2D eigenvalue weighted by molar-refractivity contribution is 7.81. The van der Waals surface area contributed by atoms with Gasteiger partial charge in [0.15, 0.2) is 0 Å². The van der Waals surface area contributed by atoms with Crippen molar-refractivity contribution in [1.82, 2.24) is 9.97 Å². The maximum absolute atomic E-state index is 4.86. The molecule has 122 valence electrons. The third-order valence-corrected chi connectivity index (χ3v) is 4.81. The Morgan fingerprint density at radius 2 is 1.79 bits per heavy atom. The molecule has 2 heterocycles. The first kappa shape index (κ1) is 15.3. The van der Waals surface area contributed by atoms with E-state index in [0.29, 0.717) is 0 Å². The highest BCUT2D eigenvalue weighted by Gasteiger charge is 2.13. The van der Waals surface area contributed by atoms with Gasteiger partial charge in [0, 0.05) is 18.7 Å². The lowest BCUT2D eigenvalue weighted by Crippen LogP contribution is -2.30. The fourth-order valence-corrected chi connectivity index (χ4v) is 3.47. The minimum Gasteiger partial charge on any atom is -0.355 e. The molecule has 4 nitrogen and oxygen atoms in total. The second-order valence-electron chi connectivity index (χ2n) is 6.14. The van der Waals surface area contributed by atoms with Crippen LogP contribution in [0.1, 0.15) is 19.3 Å². The lowest BCUT2D eigenvalue weighted by atomic mass is 10.0. The van der Waals surface area contributed by atoms with Gasteiger partial charge in [-0.2, -0.15) is 0 Å². The van der Waals surface area contributed by atoms with Crippen LogP contribution in [0.4, 0.5) is 11.5 Å². The van der Waals surface area contributed by atoms with E-state index >= 15 is 0 Å². The zero-order valence-corrected chi connectivity index (χ0v) is 14.3. The summed E-state index contributed by atoms with van der Waals surface area (Å²) in [6.07, 6.45) is 5.69. The number of nitrogens with one attached hydrogen (secondary N) is 1. The molecule has 1 saturated heterocycles. The number of hydrogen-bond donors (Lipinski definition) is 2. The van der Waals surface area contributed by atoms with Crippen LogP contribution < -0.4 is 9.62 Å². The Balaban J connectivity index is 1.76. The Morgan fingerprint density at radius 3 is 2.62 bits per heavy atom. The van der Waals surface area contributed by atoms with Crippen LogP contribution in [-0.2, 0) is 0 Å². The van der Waals surface area contributed by atoms with Crippen LogP contribution in [0.2, 0.25) is 0 Å². The van der Waals surface area contributed by atoms with E-state index in [9.17, 15) is 0 Å². The normalized spacial score (nSPS) is 14.8. The summed E-state index contributed by atoms with van der Waals surface area (Å²) >= 11 is 4.20. The van der Waals surface area contributed by atoms with Gasteiger partial charge >= 0.3 is 0 Å². The van der Waals surface area contributed by atoms with E-state index in [1.165, 1.54) is 19.3 Å². The first-order valence-electron chi connectivity index (χ1n) is 8.36. The molecule has 3 aromatic rings. The number of rotatable bonds is 3. The minimum atomic E-state index is 0.927. The second-order valence-corrected chi connectivity index (χ2v) is 6.36. The van der Waals surface area contributed by atoms with Crippen molar-refractivity contribution in [2.24, 2.45) is 0 Å². The van der Waals surface area contributed by atoms with Gasteiger partial charge in [0.2, 0.25) is 0 Å². The van der Waals surface area contributed by atoms with E-state index < -0.39 is 0 Å². The van der Waals surface area contributed by atoms with Gasteiger partial charge in [-0.05, 0) is 43.0 Å². The molecular weight excluding hydrogens is 316 g/mol. The van der Waals surface area contributed by atoms with Crippen molar-refractivity contribution in [3.05, 3.63) is 48.7 Å². The molecule has 5 heteroatoms. The molecule has 24 heavy (non-hydrogen) atoms. The van der Waals surface area contributed by atoms with Crippen LogP contribution in [0.15, 0.2) is 48.7 Å². The molecule has 0 spiro atoms. The number of nitrogens with zero attached hydrogens (tertiary/aromatic N) is 3. The molecule has 0 bridgehead atoms. The first-order valence-corrected chi connectivity index (χ1v) is 8.81. The summed E-state index contributed by atoms with van der Waals surface area (Å²) in [5.41, 5.74) is 5.07. The number of fused-ring (bicyclic) bond motifs is 1. The fourth-order valence-electron chi connectivity index (χ4n) is 3.28. The number of para-hydroxylation sites is 1. The van der Waals surface area contributed by atoms with Crippen molar-refractivity contribution in [1.29, 1.82) is 0 Å². The van der Waals surface area contributed by atoms with Gasteiger partial charge in [0.05, 0.1) is 22.9 Å². The van der Waals surface area contributed by atoms with Crippen LogP contribution in [-0.4, -0.2) is 23.1 Å². The van der Waals surface area contributed by atoms with Gasteiger partial charge < -0.3 is 9.62 Å². The monoisotopic (exact) mass is 336 g/mol. The average molecular weight is 336 g/mol. The molecule has 1 N–H and O–H groups in total. The number of aromatic nitrogens is 2. The molecular formula is C19H20N4S. The summed E-state index contributed by atoms with van der Waals surface area (Å²) in [4.78, 5) is 11.8. The summed E-state index contributed by atoms with van der Waals surface area (Å²) < 4.78 is 2.96. The molecule has 0 atom stereocenters. The molecule has 2 aromatic carbocycles. The molecule has 0 amide bonds. The lowest BCUT2D eigenvalue weighted by molar-refractivity contribution is 0.573. The van der Waals surface area contributed by atoms with Crippen LogP contribution in [0.5, 0.6) is 0 Å². The van der Waals surface area contributed by atoms with Crippen molar-refractivity contribution in [3.8, 4) is 11.1 Å². The third-order valence-electron chi connectivity index (χ3n) is 4.57. The quantitative estimate of drug-likeness (QED) is 0.689. The predicted octanol–water partition coefficient (Wildman–Crippen LogP) is 4.54. The van der Waals surface area contributed by atoms with Gasteiger partial charge in [0.25, 0.3) is 0 Å². The highest BCUT2D eigenvalue weighted by atomic mass is 32.1. The number of anilines is 2. The Hall–Kier alpha value is -2.27. The van der Waals surface area contributed by atoms with Gasteiger partial charge in [-0.15, -0.1) is 0 Å². The SMILES string of the molecule is SNc1ccccc1-c1ccc2ncc(N3CCCCC3)nc2c1. The summed E-state index contributed by atoms with van der Waals surface area (Å²) in [5.74, 6) is 0.986. The Labute approximate surface area is 147 Å². The van der Waals surface area contributed by atoms with E-state index in [1.807, 2.05) is 30.5 Å². The molecule has 1 aromatic heterocycles. The second kappa shape index (κ2) is 6.69.